The highest BCUT2D eigenvalue weighted by atomic mass is 16.5. The number of rotatable bonds is 7. The summed E-state index contributed by atoms with van der Waals surface area (Å²) in [7, 11) is 0. The SMILES string of the molecule is Cc1ccc(C(C)C)cc1OC(C)C(=O)Nc1c(C)cccc1-c1nc(C(C)C)no1. The van der Waals surface area contributed by atoms with Gasteiger partial charge < -0.3 is 14.6 Å². The number of benzene rings is 2. The Morgan fingerprint density at radius 3 is 2.39 bits per heavy atom. The number of nitrogens with zero attached hydrogens (tertiary/aromatic N) is 2. The van der Waals surface area contributed by atoms with Crippen LogP contribution in [0.4, 0.5) is 5.69 Å². The quantitative estimate of drug-likeness (QED) is 0.506. The first kappa shape index (κ1) is 22.5. The first-order valence-corrected chi connectivity index (χ1v) is 10.7. The molecule has 164 valence electrons. The van der Waals surface area contributed by atoms with E-state index in [0.29, 0.717) is 28.9 Å². The molecular weight excluding hydrogens is 390 g/mol. The Bertz CT molecular complexity index is 1070. The van der Waals surface area contributed by atoms with E-state index in [4.69, 9.17) is 9.26 Å². The zero-order valence-electron chi connectivity index (χ0n) is 19.3. The normalized spacial score (nSPS) is 12.3. The molecule has 1 amide bonds. The Kier molecular flexibility index (Phi) is 6.78. The molecule has 1 atom stereocenters. The van der Waals surface area contributed by atoms with E-state index in [2.05, 4.69) is 35.4 Å². The third kappa shape index (κ3) is 5.13. The van der Waals surface area contributed by atoms with E-state index in [9.17, 15) is 4.79 Å². The van der Waals surface area contributed by atoms with Crippen LogP contribution in [0.2, 0.25) is 0 Å². The zero-order chi connectivity index (χ0) is 22.7. The Labute approximate surface area is 184 Å². The maximum atomic E-state index is 13.0. The molecule has 3 rings (SSSR count). The Morgan fingerprint density at radius 1 is 1.00 bits per heavy atom. The van der Waals surface area contributed by atoms with Gasteiger partial charge in [-0.15, -0.1) is 0 Å². The van der Waals surface area contributed by atoms with E-state index in [1.54, 1.807) is 6.92 Å². The van der Waals surface area contributed by atoms with E-state index in [0.717, 1.165) is 16.9 Å². The molecule has 0 aliphatic rings. The third-order valence-corrected chi connectivity index (χ3v) is 5.26. The average molecular weight is 422 g/mol. The third-order valence-electron chi connectivity index (χ3n) is 5.26. The lowest BCUT2D eigenvalue weighted by molar-refractivity contribution is -0.122. The fraction of sp³-hybridized carbons (Fsp3) is 0.400. The molecule has 0 fully saturated rings. The molecule has 6 heteroatoms. The minimum absolute atomic E-state index is 0.151. The van der Waals surface area contributed by atoms with Crippen LogP contribution in [0.25, 0.3) is 11.5 Å². The number of ether oxygens (including phenoxy) is 1. The first-order chi connectivity index (χ1) is 14.7. The number of anilines is 1. The summed E-state index contributed by atoms with van der Waals surface area (Å²) in [6.07, 6.45) is -0.678. The van der Waals surface area contributed by atoms with Gasteiger partial charge in [-0.25, -0.2) is 0 Å². The van der Waals surface area contributed by atoms with Crippen molar-refractivity contribution in [3.05, 3.63) is 58.9 Å². The number of aromatic nitrogens is 2. The summed E-state index contributed by atoms with van der Waals surface area (Å²) in [6.45, 7) is 13.9. The number of aryl methyl sites for hydroxylation is 2. The fourth-order valence-electron chi connectivity index (χ4n) is 3.16. The maximum Gasteiger partial charge on any atom is 0.265 e. The van der Waals surface area contributed by atoms with E-state index < -0.39 is 6.10 Å². The molecule has 0 bridgehead atoms. The number of hydrogen-bond donors (Lipinski definition) is 1. The summed E-state index contributed by atoms with van der Waals surface area (Å²) in [5, 5.41) is 7.04. The Morgan fingerprint density at radius 2 is 1.74 bits per heavy atom. The van der Waals surface area contributed by atoms with Gasteiger partial charge in [0.1, 0.15) is 5.75 Å². The number of hydrogen-bond acceptors (Lipinski definition) is 5. The molecule has 1 N–H and O–H groups in total. The van der Waals surface area contributed by atoms with Crippen molar-refractivity contribution in [1.29, 1.82) is 0 Å². The van der Waals surface area contributed by atoms with Gasteiger partial charge >= 0.3 is 0 Å². The van der Waals surface area contributed by atoms with Crippen LogP contribution in [-0.4, -0.2) is 22.2 Å². The highest BCUT2D eigenvalue weighted by molar-refractivity contribution is 5.98. The van der Waals surface area contributed by atoms with Crippen molar-refractivity contribution in [2.24, 2.45) is 0 Å². The molecule has 0 radical (unpaired) electrons. The van der Waals surface area contributed by atoms with E-state index >= 15 is 0 Å². The van der Waals surface area contributed by atoms with Crippen molar-refractivity contribution in [2.45, 2.75) is 66.4 Å². The van der Waals surface area contributed by atoms with Crippen LogP contribution in [0, 0.1) is 13.8 Å². The highest BCUT2D eigenvalue weighted by Gasteiger charge is 2.21. The van der Waals surface area contributed by atoms with E-state index in [-0.39, 0.29) is 11.8 Å². The Balaban J connectivity index is 1.82. The molecule has 1 unspecified atom stereocenters. The van der Waals surface area contributed by atoms with Crippen LogP contribution in [-0.2, 0) is 4.79 Å². The summed E-state index contributed by atoms with van der Waals surface area (Å²) >= 11 is 0. The minimum Gasteiger partial charge on any atom is -0.481 e. The van der Waals surface area contributed by atoms with Crippen LogP contribution >= 0.6 is 0 Å². The molecule has 0 saturated heterocycles. The van der Waals surface area contributed by atoms with Gasteiger partial charge in [0.05, 0.1) is 11.3 Å². The van der Waals surface area contributed by atoms with Gasteiger partial charge in [0.25, 0.3) is 11.8 Å². The van der Waals surface area contributed by atoms with Crippen molar-refractivity contribution >= 4 is 11.6 Å². The second-order valence-corrected chi connectivity index (χ2v) is 8.54. The van der Waals surface area contributed by atoms with Crippen LogP contribution < -0.4 is 10.1 Å². The van der Waals surface area contributed by atoms with Gasteiger partial charge in [0.15, 0.2) is 11.9 Å². The molecule has 31 heavy (non-hydrogen) atoms. The Hall–Kier alpha value is -3.15. The average Bonchev–Trinajstić information content (AvgIpc) is 3.21. The highest BCUT2D eigenvalue weighted by Crippen LogP contribution is 2.31. The van der Waals surface area contributed by atoms with E-state index in [1.165, 1.54) is 5.56 Å². The van der Waals surface area contributed by atoms with E-state index in [1.807, 2.05) is 58.0 Å². The zero-order valence-corrected chi connectivity index (χ0v) is 19.3. The van der Waals surface area contributed by atoms with Crippen molar-refractivity contribution in [3.63, 3.8) is 0 Å². The molecule has 0 spiro atoms. The number of para-hydroxylation sites is 1. The topological polar surface area (TPSA) is 77.2 Å². The largest absolute Gasteiger partial charge is 0.481 e. The molecule has 3 aromatic rings. The van der Waals surface area contributed by atoms with Gasteiger partial charge in [0, 0.05) is 5.92 Å². The second kappa shape index (κ2) is 9.33. The predicted molar refractivity (Wildman–Crippen MR) is 123 cm³/mol. The van der Waals surface area contributed by atoms with Crippen molar-refractivity contribution < 1.29 is 14.1 Å². The molecular formula is C25H31N3O3. The van der Waals surface area contributed by atoms with Crippen LogP contribution in [0.5, 0.6) is 5.75 Å². The van der Waals surface area contributed by atoms with Gasteiger partial charge in [-0.3, -0.25) is 4.79 Å². The lowest BCUT2D eigenvalue weighted by Crippen LogP contribution is -2.30. The molecule has 6 nitrogen and oxygen atoms in total. The molecule has 1 heterocycles. The molecule has 0 aliphatic carbocycles. The van der Waals surface area contributed by atoms with Crippen LogP contribution in [0.15, 0.2) is 40.9 Å². The van der Waals surface area contributed by atoms with Crippen LogP contribution in [0.3, 0.4) is 0 Å². The van der Waals surface area contributed by atoms with Gasteiger partial charge in [-0.05, 0) is 55.5 Å². The predicted octanol–water partition coefficient (Wildman–Crippen LogP) is 6.01. The molecule has 1 aromatic heterocycles. The molecule has 0 saturated carbocycles. The number of carbonyl (C=O) groups excluding carboxylic acids is 1. The molecule has 0 aliphatic heterocycles. The van der Waals surface area contributed by atoms with Crippen molar-refractivity contribution in [1.82, 2.24) is 10.1 Å². The summed E-state index contributed by atoms with van der Waals surface area (Å²) in [5.41, 5.74) is 4.41. The van der Waals surface area contributed by atoms with Gasteiger partial charge in [-0.1, -0.05) is 57.1 Å². The van der Waals surface area contributed by atoms with Crippen LogP contribution in [0.1, 0.15) is 69.0 Å². The smallest absolute Gasteiger partial charge is 0.265 e. The van der Waals surface area contributed by atoms with Crippen molar-refractivity contribution in [3.8, 4) is 17.2 Å². The first-order valence-electron chi connectivity index (χ1n) is 10.7. The summed E-state index contributed by atoms with van der Waals surface area (Å²) in [5.74, 6) is 2.03. The summed E-state index contributed by atoms with van der Waals surface area (Å²) in [4.78, 5) is 17.5. The lowest BCUT2D eigenvalue weighted by Gasteiger charge is -2.19. The standard InChI is InChI=1S/C25H31N3O3/c1-14(2)19-12-11-16(5)21(13-19)30-18(7)24(29)26-22-17(6)9-8-10-20(22)25-27-23(15(3)4)28-31-25/h8-15,18H,1-7H3,(H,26,29). The molecule has 2 aromatic carbocycles. The van der Waals surface area contributed by atoms with Crippen molar-refractivity contribution in [2.75, 3.05) is 5.32 Å². The number of amides is 1. The monoisotopic (exact) mass is 421 g/mol. The lowest BCUT2D eigenvalue weighted by atomic mass is 10.0. The maximum absolute atomic E-state index is 13.0. The van der Waals surface area contributed by atoms with Gasteiger partial charge in [0.2, 0.25) is 0 Å². The second-order valence-electron chi connectivity index (χ2n) is 8.54. The minimum atomic E-state index is -0.678. The van der Waals surface area contributed by atoms with Gasteiger partial charge in [-0.2, -0.15) is 4.98 Å². The summed E-state index contributed by atoms with van der Waals surface area (Å²) < 4.78 is 11.5. The fourth-order valence-corrected chi connectivity index (χ4v) is 3.16. The number of nitrogens with one attached hydrogen (secondary N) is 1. The summed E-state index contributed by atoms with van der Waals surface area (Å²) in [6, 6.07) is 11.8. The number of carbonyl (C=O) groups is 1.